The lowest BCUT2D eigenvalue weighted by Crippen LogP contribution is -2.50. The molecule has 2 N–H and O–H groups in total. The van der Waals surface area contributed by atoms with Crippen LogP contribution in [-0.4, -0.2) is 74.4 Å². The number of piperazine rings is 1. The average Bonchev–Trinajstić information content (AvgIpc) is 2.43. The summed E-state index contributed by atoms with van der Waals surface area (Å²) in [5, 5.41) is 0. The molecule has 0 saturated carbocycles. The largest absolute Gasteiger partial charge is 0.411 e. The molecule has 0 bridgehead atoms. The third-order valence-corrected chi connectivity index (χ3v) is 3.42. The van der Waals surface area contributed by atoms with Crippen molar-refractivity contribution in [2.75, 3.05) is 52.5 Å². The first-order chi connectivity index (χ1) is 9.81. The van der Waals surface area contributed by atoms with Crippen LogP contribution in [0.4, 0.5) is 13.2 Å². The van der Waals surface area contributed by atoms with Crippen molar-refractivity contribution in [2.45, 2.75) is 19.5 Å². The second-order valence-corrected chi connectivity index (χ2v) is 5.44. The number of ether oxygens (including phenoxy) is 1. The molecular weight excluding hydrogens is 287 g/mol. The van der Waals surface area contributed by atoms with E-state index in [1.807, 2.05) is 0 Å². The molecule has 21 heavy (non-hydrogen) atoms. The molecule has 5 nitrogen and oxygen atoms in total. The van der Waals surface area contributed by atoms with Gasteiger partial charge in [0.25, 0.3) is 0 Å². The number of carbonyl (C=O) groups is 1. The molecule has 8 heteroatoms. The Labute approximate surface area is 123 Å². The van der Waals surface area contributed by atoms with E-state index < -0.39 is 12.8 Å². The van der Waals surface area contributed by atoms with Crippen LogP contribution in [-0.2, 0) is 9.53 Å². The van der Waals surface area contributed by atoms with Gasteiger partial charge in [0.15, 0.2) is 0 Å². The van der Waals surface area contributed by atoms with Crippen molar-refractivity contribution >= 4 is 5.91 Å². The van der Waals surface area contributed by atoms with E-state index in [2.05, 4.69) is 16.6 Å². The molecule has 0 aromatic heterocycles. The highest BCUT2D eigenvalue weighted by Gasteiger charge is 2.27. The number of carbonyl (C=O) groups excluding carboxylic acids is 1. The first-order valence-corrected chi connectivity index (χ1v) is 7.16. The first-order valence-electron chi connectivity index (χ1n) is 7.16. The maximum Gasteiger partial charge on any atom is 0.411 e. The quantitative estimate of drug-likeness (QED) is 0.703. The molecule has 1 saturated heterocycles. The second-order valence-electron chi connectivity index (χ2n) is 5.44. The predicted molar refractivity (Wildman–Crippen MR) is 72.7 cm³/mol. The predicted octanol–water partition coefficient (Wildman–Crippen LogP) is 0.694. The number of hydrogen-bond acceptors (Lipinski definition) is 4. The monoisotopic (exact) mass is 311 g/mol. The zero-order chi connectivity index (χ0) is 15.9. The van der Waals surface area contributed by atoms with Crippen molar-refractivity contribution in [3.63, 3.8) is 0 Å². The van der Waals surface area contributed by atoms with Crippen molar-refractivity contribution in [2.24, 2.45) is 11.7 Å². The summed E-state index contributed by atoms with van der Waals surface area (Å²) in [7, 11) is 0. The van der Waals surface area contributed by atoms with Crippen LogP contribution in [0.1, 0.15) is 13.3 Å². The molecule has 0 aromatic rings. The number of halogens is 3. The minimum absolute atomic E-state index is 0.00468. The highest BCUT2D eigenvalue weighted by molar-refractivity contribution is 5.76. The summed E-state index contributed by atoms with van der Waals surface area (Å²) < 4.78 is 40.1. The minimum Gasteiger partial charge on any atom is -0.372 e. The number of amides is 1. The van der Waals surface area contributed by atoms with Gasteiger partial charge in [0, 0.05) is 32.7 Å². The van der Waals surface area contributed by atoms with Gasteiger partial charge in [0.2, 0.25) is 5.91 Å². The van der Waals surface area contributed by atoms with E-state index >= 15 is 0 Å². The molecule has 1 unspecified atom stereocenters. The summed E-state index contributed by atoms with van der Waals surface area (Å²) in [5.74, 6) is 0.270. The maximum atomic E-state index is 11.9. The highest BCUT2D eigenvalue weighted by Crippen LogP contribution is 2.14. The fourth-order valence-corrected chi connectivity index (χ4v) is 2.20. The van der Waals surface area contributed by atoms with Crippen LogP contribution in [0, 0.1) is 5.92 Å². The molecule has 1 rings (SSSR count). The Bertz CT molecular complexity index is 318. The van der Waals surface area contributed by atoms with Crippen molar-refractivity contribution < 1.29 is 22.7 Å². The van der Waals surface area contributed by atoms with Crippen LogP contribution < -0.4 is 5.73 Å². The van der Waals surface area contributed by atoms with Gasteiger partial charge < -0.3 is 15.4 Å². The molecule has 1 amide bonds. The van der Waals surface area contributed by atoms with Crippen molar-refractivity contribution in [1.82, 2.24) is 9.80 Å². The lowest BCUT2D eigenvalue weighted by Gasteiger charge is -2.35. The Morgan fingerprint density at radius 1 is 1.29 bits per heavy atom. The standard InChI is InChI=1S/C13H24F3N3O2/c1-11(8-17)9-18-3-5-19(6-4-18)12(20)2-7-21-10-13(14,15)16/h11H,2-10,17H2,1H3. The van der Waals surface area contributed by atoms with Crippen LogP contribution in [0.5, 0.6) is 0 Å². The normalized spacial score (nSPS) is 18.8. The van der Waals surface area contributed by atoms with E-state index in [1.54, 1.807) is 4.90 Å². The van der Waals surface area contributed by atoms with Gasteiger partial charge >= 0.3 is 6.18 Å². The number of hydrogen-bond donors (Lipinski definition) is 1. The fraction of sp³-hybridized carbons (Fsp3) is 0.923. The van der Waals surface area contributed by atoms with Crippen LogP contribution in [0.2, 0.25) is 0 Å². The van der Waals surface area contributed by atoms with Crippen LogP contribution in [0.25, 0.3) is 0 Å². The molecule has 0 spiro atoms. The van der Waals surface area contributed by atoms with Crippen LogP contribution >= 0.6 is 0 Å². The third kappa shape index (κ3) is 7.63. The van der Waals surface area contributed by atoms with E-state index in [0.29, 0.717) is 25.6 Å². The lowest BCUT2D eigenvalue weighted by atomic mass is 10.1. The number of rotatable bonds is 7. The molecule has 1 atom stereocenters. The Balaban J connectivity index is 2.17. The molecule has 1 fully saturated rings. The Morgan fingerprint density at radius 3 is 2.43 bits per heavy atom. The molecule has 0 aromatic carbocycles. The molecule has 1 aliphatic rings. The molecule has 1 heterocycles. The van der Waals surface area contributed by atoms with Gasteiger partial charge in [-0.05, 0) is 12.5 Å². The SMILES string of the molecule is CC(CN)CN1CCN(C(=O)CCOCC(F)(F)F)CC1. The number of nitrogens with zero attached hydrogens (tertiary/aromatic N) is 2. The molecule has 0 radical (unpaired) electrons. The molecule has 0 aliphatic carbocycles. The van der Waals surface area contributed by atoms with E-state index in [1.165, 1.54) is 0 Å². The van der Waals surface area contributed by atoms with E-state index in [9.17, 15) is 18.0 Å². The van der Waals surface area contributed by atoms with E-state index in [-0.39, 0.29) is 18.9 Å². The topological polar surface area (TPSA) is 58.8 Å². The van der Waals surface area contributed by atoms with Crippen molar-refractivity contribution in [1.29, 1.82) is 0 Å². The molecular formula is C13H24F3N3O2. The summed E-state index contributed by atoms with van der Waals surface area (Å²) >= 11 is 0. The van der Waals surface area contributed by atoms with Gasteiger partial charge in [-0.25, -0.2) is 0 Å². The van der Waals surface area contributed by atoms with Gasteiger partial charge in [0.1, 0.15) is 6.61 Å². The van der Waals surface area contributed by atoms with Gasteiger partial charge in [-0.2, -0.15) is 13.2 Å². The summed E-state index contributed by atoms with van der Waals surface area (Å²) in [6.45, 7) is 4.90. The highest BCUT2D eigenvalue weighted by atomic mass is 19.4. The molecule has 124 valence electrons. The van der Waals surface area contributed by atoms with Crippen LogP contribution in [0.15, 0.2) is 0 Å². The summed E-state index contributed by atoms with van der Waals surface area (Å²) in [6.07, 6.45) is -4.34. The summed E-state index contributed by atoms with van der Waals surface area (Å²) in [5.41, 5.74) is 5.58. The Morgan fingerprint density at radius 2 is 1.90 bits per heavy atom. The number of alkyl halides is 3. The maximum absolute atomic E-state index is 11.9. The summed E-state index contributed by atoms with van der Waals surface area (Å²) in [4.78, 5) is 15.8. The smallest absolute Gasteiger partial charge is 0.372 e. The fourth-order valence-electron chi connectivity index (χ4n) is 2.20. The van der Waals surface area contributed by atoms with Crippen molar-refractivity contribution in [3.05, 3.63) is 0 Å². The Hall–Kier alpha value is -0.860. The number of nitrogens with two attached hydrogens (primary N) is 1. The summed E-state index contributed by atoms with van der Waals surface area (Å²) in [6, 6.07) is 0. The zero-order valence-corrected chi connectivity index (χ0v) is 12.4. The van der Waals surface area contributed by atoms with Crippen LogP contribution in [0.3, 0.4) is 0 Å². The first kappa shape index (κ1) is 18.2. The minimum atomic E-state index is -4.34. The Kier molecular flexibility index (Phi) is 7.41. The van der Waals surface area contributed by atoms with E-state index in [4.69, 9.17) is 5.73 Å². The second kappa shape index (κ2) is 8.55. The lowest BCUT2D eigenvalue weighted by molar-refractivity contribution is -0.175. The van der Waals surface area contributed by atoms with Gasteiger partial charge in [-0.1, -0.05) is 6.92 Å². The average molecular weight is 311 g/mol. The van der Waals surface area contributed by atoms with Gasteiger partial charge in [-0.15, -0.1) is 0 Å². The van der Waals surface area contributed by atoms with E-state index in [0.717, 1.165) is 19.6 Å². The third-order valence-electron chi connectivity index (χ3n) is 3.42. The van der Waals surface area contributed by atoms with Gasteiger partial charge in [0.05, 0.1) is 13.0 Å². The van der Waals surface area contributed by atoms with Crippen molar-refractivity contribution in [3.8, 4) is 0 Å². The zero-order valence-electron chi connectivity index (χ0n) is 12.4. The van der Waals surface area contributed by atoms with Gasteiger partial charge in [-0.3, -0.25) is 9.69 Å². The molecule has 1 aliphatic heterocycles.